The lowest BCUT2D eigenvalue weighted by Crippen LogP contribution is -2.23. The van der Waals surface area contributed by atoms with Crippen LogP contribution in [0.2, 0.25) is 0 Å². The first kappa shape index (κ1) is 10.4. The van der Waals surface area contributed by atoms with Gasteiger partial charge in [-0.3, -0.25) is 9.89 Å². The molecule has 2 aromatic heterocycles. The molecule has 2 heterocycles. The van der Waals surface area contributed by atoms with Crippen LogP contribution >= 0.6 is 0 Å². The highest BCUT2D eigenvalue weighted by atomic mass is 16.5. The van der Waals surface area contributed by atoms with Crippen molar-refractivity contribution < 1.29 is 9.32 Å². The second-order valence-corrected chi connectivity index (χ2v) is 3.47. The van der Waals surface area contributed by atoms with Crippen LogP contribution in [0.25, 0.3) is 0 Å². The van der Waals surface area contributed by atoms with Gasteiger partial charge in [0, 0.05) is 11.8 Å². The van der Waals surface area contributed by atoms with E-state index in [0.717, 1.165) is 5.69 Å². The number of aryl methyl sites for hydroxylation is 2. The van der Waals surface area contributed by atoms with Gasteiger partial charge in [0.2, 0.25) is 0 Å². The van der Waals surface area contributed by atoms with Gasteiger partial charge >= 0.3 is 0 Å². The Morgan fingerprint density at radius 1 is 1.56 bits per heavy atom. The van der Waals surface area contributed by atoms with Gasteiger partial charge in [0.15, 0.2) is 5.76 Å². The summed E-state index contributed by atoms with van der Waals surface area (Å²) in [6.45, 7) is 3.92. The molecule has 0 saturated heterocycles. The number of carbonyl (C=O) groups excluding carboxylic acids is 1. The van der Waals surface area contributed by atoms with Crippen molar-refractivity contribution in [3.05, 3.63) is 35.0 Å². The molecule has 0 spiro atoms. The number of aromatic amines is 1. The van der Waals surface area contributed by atoms with Gasteiger partial charge in [0.05, 0.1) is 24.0 Å². The van der Waals surface area contributed by atoms with Crippen LogP contribution in [0.3, 0.4) is 0 Å². The quantitative estimate of drug-likeness (QED) is 0.806. The lowest BCUT2D eigenvalue weighted by atomic mass is 10.2. The van der Waals surface area contributed by atoms with E-state index in [1.807, 2.05) is 6.92 Å². The number of H-pyrrole nitrogens is 1. The molecule has 2 aromatic rings. The molecule has 0 fully saturated rings. The maximum atomic E-state index is 11.8. The minimum atomic E-state index is -0.167. The summed E-state index contributed by atoms with van der Waals surface area (Å²) in [4.78, 5) is 11.8. The highest BCUT2D eigenvalue weighted by Crippen LogP contribution is 2.09. The first-order valence-electron chi connectivity index (χ1n) is 4.88. The highest BCUT2D eigenvalue weighted by Gasteiger charge is 2.14. The van der Waals surface area contributed by atoms with Gasteiger partial charge in [-0.05, 0) is 13.8 Å². The summed E-state index contributed by atoms with van der Waals surface area (Å²) in [7, 11) is 0. The first-order chi connectivity index (χ1) is 7.68. The number of hydrogen-bond acceptors (Lipinski definition) is 4. The lowest BCUT2D eigenvalue weighted by Gasteiger charge is -2.02. The first-order valence-corrected chi connectivity index (χ1v) is 4.88. The van der Waals surface area contributed by atoms with E-state index in [4.69, 9.17) is 4.52 Å². The van der Waals surface area contributed by atoms with Gasteiger partial charge in [0.25, 0.3) is 5.91 Å². The predicted octanol–water partition coefficient (Wildman–Crippen LogP) is 0.945. The zero-order valence-electron chi connectivity index (χ0n) is 9.07. The summed E-state index contributed by atoms with van der Waals surface area (Å²) >= 11 is 0. The van der Waals surface area contributed by atoms with Crippen molar-refractivity contribution in [1.29, 1.82) is 0 Å². The average Bonchev–Trinajstić information content (AvgIpc) is 2.86. The Morgan fingerprint density at radius 3 is 2.94 bits per heavy atom. The third-order valence-corrected chi connectivity index (χ3v) is 2.27. The fourth-order valence-electron chi connectivity index (χ4n) is 1.47. The van der Waals surface area contributed by atoms with Crippen LogP contribution in [0.15, 0.2) is 16.8 Å². The number of hydrogen-bond donors (Lipinski definition) is 2. The molecule has 0 atom stereocenters. The molecule has 0 bridgehead atoms. The zero-order valence-corrected chi connectivity index (χ0v) is 9.07. The number of rotatable bonds is 3. The van der Waals surface area contributed by atoms with E-state index in [2.05, 4.69) is 20.7 Å². The third-order valence-electron chi connectivity index (χ3n) is 2.27. The fourth-order valence-corrected chi connectivity index (χ4v) is 1.47. The second-order valence-electron chi connectivity index (χ2n) is 3.47. The topological polar surface area (TPSA) is 83.8 Å². The molecule has 0 aromatic carbocycles. The molecule has 0 radical (unpaired) electrons. The molecule has 1 amide bonds. The van der Waals surface area contributed by atoms with Gasteiger partial charge in [-0.1, -0.05) is 5.16 Å². The summed E-state index contributed by atoms with van der Waals surface area (Å²) in [5.41, 5.74) is 2.03. The number of nitrogens with zero attached hydrogens (tertiary/aromatic N) is 2. The standard InChI is InChI=1S/C10H12N4O2/c1-6-9(7(2)14-13-6)10(15)11-5-8-3-4-12-16-8/h3-4H,5H2,1-2H3,(H,11,15)(H,13,14). The molecule has 0 aliphatic carbocycles. The Hall–Kier alpha value is -2.11. The largest absolute Gasteiger partial charge is 0.360 e. The second kappa shape index (κ2) is 4.18. The molecule has 0 unspecified atom stereocenters. The SMILES string of the molecule is Cc1n[nH]c(C)c1C(=O)NCc1ccno1. The van der Waals surface area contributed by atoms with Crippen LogP contribution < -0.4 is 5.32 Å². The van der Waals surface area contributed by atoms with Crippen molar-refractivity contribution in [3.8, 4) is 0 Å². The number of nitrogens with one attached hydrogen (secondary N) is 2. The molecule has 16 heavy (non-hydrogen) atoms. The Bertz CT molecular complexity index is 467. The van der Waals surface area contributed by atoms with Crippen molar-refractivity contribution in [3.63, 3.8) is 0 Å². The predicted molar refractivity (Wildman–Crippen MR) is 55.7 cm³/mol. The van der Waals surface area contributed by atoms with Gasteiger partial charge in [0.1, 0.15) is 0 Å². The number of aromatic nitrogens is 3. The Morgan fingerprint density at radius 2 is 2.38 bits per heavy atom. The van der Waals surface area contributed by atoms with E-state index >= 15 is 0 Å². The van der Waals surface area contributed by atoms with E-state index in [-0.39, 0.29) is 5.91 Å². The minimum Gasteiger partial charge on any atom is -0.360 e. The fraction of sp³-hybridized carbons (Fsp3) is 0.300. The van der Waals surface area contributed by atoms with Gasteiger partial charge in [-0.25, -0.2) is 0 Å². The van der Waals surface area contributed by atoms with Crippen molar-refractivity contribution in [1.82, 2.24) is 20.7 Å². The molecular weight excluding hydrogens is 208 g/mol. The van der Waals surface area contributed by atoms with Crippen LogP contribution in [0.1, 0.15) is 27.5 Å². The Balaban J connectivity index is 2.04. The normalized spacial score (nSPS) is 10.4. The Labute approximate surface area is 92.0 Å². The van der Waals surface area contributed by atoms with Crippen LogP contribution in [-0.2, 0) is 6.54 Å². The minimum absolute atomic E-state index is 0.167. The van der Waals surface area contributed by atoms with Crippen molar-refractivity contribution in [2.75, 3.05) is 0 Å². The molecule has 6 heteroatoms. The van der Waals surface area contributed by atoms with Crippen molar-refractivity contribution in [2.24, 2.45) is 0 Å². The van der Waals surface area contributed by atoms with Crippen LogP contribution in [0.4, 0.5) is 0 Å². The maximum Gasteiger partial charge on any atom is 0.255 e. The highest BCUT2D eigenvalue weighted by molar-refractivity contribution is 5.96. The summed E-state index contributed by atoms with van der Waals surface area (Å²) in [6, 6.07) is 1.70. The third kappa shape index (κ3) is 1.95. The number of amides is 1. The monoisotopic (exact) mass is 220 g/mol. The molecule has 0 aliphatic rings. The van der Waals surface area contributed by atoms with Gasteiger partial charge in [-0.15, -0.1) is 0 Å². The van der Waals surface area contributed by atoms with Crippen LogP contribution in [0.5, 0.6) is 0 Å². The molecule has 0 saturated carbocycles. The smallest absolute Gasteiger partial charge is 0.255 e. The molecule has 0 aliphatic heterocycles. The summed E-state index contributed by atoms with van der Waals surface area (Å²) in [5.74, 6) is 0.451. The summed E-state index contributed by atoms with van der Waals surface area (Å²) < 4.78 is 4.87. The van der Waals surface area contributed by atoms with E-state index in [0.29, 0.717) is 23.6 Å². The summed E-state index contributed by atoms with van der Waals surface area (Å²) in [6.07, 6.45) is 1.54. The molecule has 6 nitrogen and oxygen atoms in total. The molecular formula is C10H12N4O2. The van der Waals surface area contributed by atoms with Crippen LogP contribution in [0, 0.1) is 13.8 Å². The van der Waals surface area contributed by atoms with Crippen molar-refractivity contribution in [2.45, 2.75) is 20.4 Å². The van der Waals surface area contributed by atoms with E-state index in [9.17, 15) is 4.79 Å². The molecule has 84 valence electrons. The van der Waals surface area contributed by atoms with E-state index in [1.165, 1.54) is 6.20 Å². The molecule has 2 rings (SSSR count). The summed E-state index contributed by atoms with van der Waals surface area (Å²) in [5, 5.41) is 13.0. The van der Waals surface area contributed by atoms with Gasteiger partial charge in [-0.2, -0.15) is 5.10 Å². The van der Waals surface area contributed by atoms with Crippen LogP contribution in [-0.4, -0.2) is 21.3 Å². The van der Waals surface area contributed by atoms with Gasteiger partial charge < -0.3 is 9.84 Å². The van der Waals surface area contributed by atoms with E-state index < -0.39 is 0 Å². The number of carbonyl (C=O) groups is 1. The maximum absolute atomic E-state index is 11.8. The average molecular weight is 220 g/mol. The lowest BCUT2D eigenvalue weighted by molar-refractivity contribution is 0.0946. The zero-order chi connectivity index (χ0) is 11.5. The van der Waals surface area contributed by atoms with E-state index in [1.54, 1.807) is 13.0 Å². The Kier molecular flexibility index (Phi) is 2.72. The molecule has 2 N–H and O–H groups in total. The van der Waals surface area contributed by atoms with Crippen molar-refractivity contribution >= 4 is 5.91 Å².